The zero-order valence-corrected chi connectivity index (χ0v) is 11.1. The monoisotopic (exact) mass is 300 g/mol. The number of hydrogen-bond acceptors (Lipinski definition) is 2. The number of ether oxygens (including phenoxy) is 1. The van der Waals surface area contributed by atoms with E-state index in [1.165, 1.54) is 0 Å². The van der Waals surface area contributed by atoms with Crippen molar-refractivity contribution in [1.82, 2.24) is 0 Å². The van der Waals surface area contributed by atoms with Gasteiger partial charge in [0.25, 0.3) is 4.33 Å². The number of unbranched alkanes of at least 4 members (excludes halogenated alkanes) is 1. The van der Waals surface area contributed by atoms with Gasteiger partial charge in [0.1, 0.15) is 0 Å². The summed E-state index contributed by atoms with van der Waals surface area (Å²) in [6.07, 6.45) is 1.58. The van der Waals surface area contributed by atoms with Crippen molar-refractivity contribution in [3.63, 3.8) is 0 Å². The highest BCUT2D eigenvalue weighted by Gasteiger charge is 2.53. The van der Waals surface area contributed by atoms with E-state index >= 15 is 0 Å². The van der Waals surface area contributed by atoms with Crippen molar-refractivity contribution in [3.8, 4) is 0 Å². The summed E-state index contributed by atoms with van der Waals surface area (Å²) in [7, 11) is 0. The zero-order chi connectivity index (χ0) is 11.4. The predicted molar refractivity (Wildman–Crippen MR) is 60.6 cm³/mol. The zero-order valence-electron chi connectivity index (χ0n) is 7.33. The van der Waals surface area contributed by atoms with Gasteiger partial charge in [-0.25, -0.2) is 4.79 Å². The van der Waals surface area contributed by atoms with E-state index in [0.29, 0.717) is 6.42 Å². The van der Waals surface area contributed by atoms with Crippen LogP contribution < -0.4 is 0 Å². The molecule has 0 bridgehead atoms. The number of esters is 1. The summed E-state index contributed by atoms with van der Waals surface area (Å²) in [6.45, 7) is 2.15. The fraction of sp³-hybridized carbons (Fsp3) is 0.857. The lowest BCUT2D eigenvalue weighted by atomic mass is 10.3. The molecule has 0 saturated carbocycles. The number of hydrogen-bond donors (Lipinski definition) is 0. The lowest BCUT2D eigenvalue weighted by Gasteiger charge is -2.24. The Morgan fingerprint density at radius 1 is 1.21 bits per heavy atom. The minimum atomic E-state index is -2.18. The highest BCUT2D eigenvalue weighted by molar-refractivity contribution is 6.79. The summed E-state index contributed by atoms with van der Waals surface area (Å²) in [5, 5.41) is 0. The predicted octanol–water partition coefficient (Wildman–Crippen LogP) is 3.87. The van der Waals surface area contributed by atoms with E-state index in [1.807, 2.05) is 6.92 Å². The van der Waals surface area contributed by atoms with E-state index in [1.54, 1.807) is 0 Å². The summed E-state index contributed by atoms with van der Waals surface area (Å²) in [6, 6.07) is 0. The van der Waals surface area contributed by atoms with Crippen LogP contribution in [-0.4, -0.2) is 20.7 Å². The molecule has 0 aromatic heterocycles. The van der Waals surface area contributed by atoms with Gasteiger partial charge in [-0.05, 0) is 6.42 Å². The maximum atomic E-state index is 11.2. The maximum Gasteiger partial charge on any atom is 0.347 e. The average Bonchev–Trinajstić information content (AvgIpc) is 2.02. The van der Waals surface area contributed by atoms with E-state index in [-0.39, 0.29) is 6.61 Å². The third-order valence-electron chi connectivity index (χ3n) is 1.34. The van der Waals surface area contributed by atoms with E-state index in [4.69, 9.17) is 62.7 Å². The molecule has 0 aromatic carbocycles. The van der Waals surface area contributed by atoms with Crippen LogP contribution in [0.5, 0.6) is 0 Å². The Hall–Kier alpha value is 0.920. The Balaban J connectivity index is 4.23. The summed E-state index contributed by atoms with van der Waals surface area (Å²) >= 11 is 27.3. The summed E-state index contributed by atoms with van der Waals surface area (Å²) in [5.41, 5.74) is 0. The van der Waals surface area contributed by atoms with Gasteiger partial charge in [0.2, 0.25) is 3.79 Å². The molecule has 0 aliphatic heterocycles. The van der Waals surface area contributed by atoms with Crippen molar-refractivity contribution >= 4 is 64.0 Å². The number of carbonyl (C=O) groups excluding carboxylic acids is 1. The molecule has 0 unspecified atom stereocenters. The highest BCUT2D eigenvalue weighted by atomic mass is 35.6. The van der Waals surface area contributed by atoms with Crippen molar-refractivity contribution in [2.24, 2.45) is 0 Å². The Bertz CT molecular complexity index is 199. The number of halogens is 5. The molecule has 14 heavy (non-hydrogen) atoms. The van der Waals surface area contributed by atoms with Gasteiger partial charge >= 0.3 is 5.97 Å². The van der Waals surface area contributed by atoms with Gasteiger partial charge in [0.05, 0.1) is 6.61 Å². The summed E-state index contributed by atoms with van der Waals surface area (Å²) < 4.78 is 0.431. The van der Waals surface area contributed by atoms with Crippen molar-refractivity contribution in [3.05, 3.63) is 0 Å². The quantitative estimate of drug-likeness (QED) is 0.447. The van der Waals surface area contributed by atoms with Crippen LogP contribution in [0.2, 0.25) is 0 Å². The van der Waals surface area contributed by atoms with Crippen LogP contribution in [0.1, 0.15) is 19.8 Å². The van der Waals surface area contributed by atoms with E-state index in [2.05, 4.69) is 0 Å². The number of carbonyl (C=O) groups is 1. The summed E-state index contributed by atoms with van der Waals surface area (Å²) in [5.74, 6) is -0.950. The molecule has 0 aromatic rings. The third kappa shape index (κ3) is 4.19. The summed E-state index contributed by atoms with van der Waals surface area (Å²) in [4.78, 5) is 11.2. The number of alkyl halides is 5. The first-order valence-corrected chi connectivity index (χ1v) is 5.74. The van der Waals surface area contributed by atoms with Gasteiger partial charge in [0.15, 0.2) is 0 Å². The molecule has 0 aliphatic rings. The molecule has 0 rings (SSSR count). The second-order valence-electron chi connectivity index (χ2n) is 2.56. The lowest BCUT2D eigenvalue weighted by Crippen LogP contribution is -2.41. The first-order chi connectivity index (χ1) is 6.23. The molecule has 0 aliphatic carbocycles. The van der Waals surface area contributed by atoms with Crippen LogP contribution in [0.15, 0.2) is 0 Å². The minimum Gasteiger partial charge on any atom is -0.463 e. The first kappa shape index (κ1) is 14.9. The Morgan fingerprint density at radius 2 is 1.71 bits per heavy atom. The topological polar surface area (TPSA) is 26.3 Å². The molecule has 0 radical (unpaired) electrons. The van der Waals surface area contributed by atoms with Gasteiger partial charge in [-0.2, -0.15) is 0 Å². The molecular weight excluding hydrogens is 293 g/mol. The van der Waals surface area contributed by atoms with Crippen LogP contribution >= 0.6 is 58.0 Å². The fourth-order valence-corrected chi connectivity index (χ4v) is 0.856. The van der Waals surface area contributed by atoms with Crippen LogP contribution in [-0.2, 0) is 9.53 Å². The second-order valence-corrected chi connectivity index (χ2v) is 6.17. The molecule has 0 saturated heterocycles. The first-order valence-electron chi connectivity index (χ1n) is 3.85. The van der Waals surface area contributed by atoms with Crippen LogP contribution in [0.3, 0.4) is 0 Å². The van der Waals surface area contributed by atoms with Gasteiger partial charge in [-0.3, -0.25) is 0 Å². The Kier molecular flexibility index (Phi) is 6.24. The Morgan fingerprint density at radius 3 is 2.07 bits per heavy atom. The maximum absolute atomic E-state index is 11.2. The molecule has 0 spiro atoms. The lowest BCUT2D eigenvalue weighted by molar-refractivity contribution is -0.144. The molecule has 0 amide bonds. The largest absolute Gasteiger partial charge is 0.463 e. The molecule has 84 valence electrons. The van der Waals surface area contributed by atoms with E-state index in [9.17, 15) is 4.79 Å². The molecule has 0 fully saturated rings. The molecule has 0 heterocycles. The number of rotatable bonds is 4. The molecular formula is C7H9Cl5O2. The fourth-order valence-electron chi connectivity index (χ4n) is 0.516. The van der Waals surface area contributed by atoms with E-state index in [0.717, 1.165) is 6.42 Å². The molecule has 0 N–H and O–H groups in total. The second kappa shape index (κ2) is 5.86. The minimum absolute atomic E-state index is 0.206. The normalized spacial score (nSPS) is 12.7. The van der Waals surface area contributed by atoms with Crippen molar-refractivity contribution in [2.45, 2.75) is 27.9 Å². The van der Waals surface area contributed by atoms with E-state index < -0.39 is 14.1 Å². The van der Waals surface area contributed by atoms with Crippen molar-refractivity contribution < 1.29 is 9.53 Å². The standard InChI is InChI=1S/C7H9Cl5O2/c1-2-3-4-14-5(13)6(8,9)7(10,11)12/h2-4H2,1H3. The molecule has 7 heteroatoms. The highest BCUT2D eigenvalue weighted by Crippen LogP contribution is 2.46. The van der Waals surface area contributed by atoms with Gasteiger partial charge in [-0.15, -0.1) is 0 Å². The average molecular weight is 302 g/mol. The SMILES string of the molecule is CCCCOC(=O)C(Cl)(Cl)C(Cl)(Cl)Cl. The molecule has 0 atom stereocenters. The van der Waals surface area contributed by atoms with Crippen LogP contribution in [0.4, 0.5) is 0 Å². The van der Waals surface area contributed by atoms with Crippen molar-refractivity contribution in [2.75, 3.05) is 6.61 Å². The van der Waals surface area contributed by atoms with Crippen LogP contribution in [0, 0.1) is 0 Å². The molecule has 2 nitrogen and oxygen atoms in total. The van der Waals surface area contributed by atoms with Crippen LogP contribution in [0.25, 0.3) is 0 Å². The van der Waals surface area contributed by atoms with Crippen molar-refractivity contribution in [1.29, 1.82) is 0 Å². The van der Waals surface area contributed by atoms with Gasteiger partial charge < -0.3 is 4.74 Å². The van der Waals surface area contributed by atoms with Gasteiger partial charge in [0, 0.05) is 0 Å². The smallest absolute Gasteiger partial charge is 0.347 e. The Labute approximate surface area is 108 Å². The third-order valence-corrected chi connectivity index (χ3v) is 3.65. The van der Waals surface area contributed by atoms with Gasteiger partial charge in [-0.1, -0.05) is 71.3 Å².